The average Bonchev–Trinajstić information content (AvgIpc) is 2.83. The molecule has 4 rings (SSSR count). The molecule has 2 heterocycles. The van der Waals surface area contributed by atoms with Crippen LogP contribution in [0.25, 0.3) is 0 Å². The Morgan fingerprint density at radius 1 is 1.14 bits per heavy atom. The molecule has 28 heavy (non-hydrogen) atoms. The Labute approximate surface area is 174 Å². The number of nitrogens with one attached hydrogen (secondary N) is 1. The Kier molecular flexibility index (Phi) is 5.36. The van der Waals surface area contributed by atoms with Crippen molar-refractivity contribution in [2.24, 2.45) is 10.9 Å². The van der Waals surface area contributed by atoms with Gasteiger partial charge in [-0.05, 0) is 42.2 Å². The molecule has 2 aliphatic rings. The zero-order valence-electron chi connectivity index (χ0n) is 16.2. The summed E-state index contributed by atoms with van der Waals surface area (Å²) in [6.45, 7) is 5.79. The first-order chi connectivity index (χ1) is 13.6. The van der Waals surface area contributed by atoms with Crippen LogP contribution in [0.4, 0.5) is 5.69 Å². The van der Waals surface area contributed by atoms with Crippen molar-refractivity contribution in [2.75, 3.05) is 18.0 Å². The molecule has 2 aromatic carbocycles. The molecule has 1 N–H and O–H groups in total. The van der Waals surface area contributed by atoms with E-state index in [1.54, 1.807) is 0 Å². The van der Waals surface area contributed by atoms with Crippen LogP contribution in [0.15, 0.2) is 75.3 Å². The summed E-state index contributed by atoms with van der Waals surface area (Å²) in [5.74, 6) is 0.472. The lowest BCUT2D eigenvalue weighted by Gasteiger charge is -2.27. The van der Waals surface area contributed by atoms with Gasteiger partial charge >= 0.3 is 0 Å². The first-order valence-corrected chi connectivity index (χ1v) is 10.5. The maximum Gasteiger partial charge on any atom is 0.277 e. The summed E-state index contributed by atoms with van der Waals surface area (Å²) < 4.78 is 1.02. The fourth-order valence-corrected chi connectivity index (χ4v) is 4.21. The van der Waals surface area contributed by atoms with Gasteiger partial charge in [0.25, 0.3) is 5.91 Å². The zero-order valence-corrected chi connectivity index (χ0v) is 17.7. The van der Waals surface area contributed by atoms with E-state index < -0.39 is 0 Å². The lowest BCUT2D eigenvalue weighted by atomic mass is 9.93. The van der Waals surface area contributed by atoms with Gasteiger partial charge < -0.3 is 5.32 Å². The highest BCUT2D eigenvalue weighted by atomic mass is 79.9. The Hall–Kier alpha value is -2.40. The lowest BCUT2D eigenvalue weighted by Crippen LogP contribution is -2.30. The van der Waals surface area contributed by atoms with E-state index in [-0.39, 0.29) is 11.9 Å². The standard InChI is InChI=1S/C23H24BrN3O/c1-15(2)14-19-20-21(26-13-12-25-19)23(28)27(18-6-4-3-5-7-18)22(20)16-8-10-17(24)11-9-16/h3-11,15,22,25H,12-14H2,1-2H3. The van der Waals surface area contributed by atoms with Crippen molar-refractivity contribution < 1.29 is 4.79 Å². The predicted molar refractivity (Wildman–Crippen MR) is 118 cm³/mol. The second-order valence-corrected chi connectivity index (χ2v) is 8.53. The van der Waals surface area contributed by atoms with Crippen molar-refractivity contribution in [2.45, 2.75) is 26.3 Å². The third-order valence-electron chi connectivity index (χ3n) is 5.09. The summed E-state index contributed by atoms with van der Waals surface area (Å²) in [5, 5.41) is 3.56. The summed E-state index contributed by atoms with van der Waals surface area (Å²) in [7, 11) is 0. The van der Waals surface area contributed by atoms with E-state index in [9.17, 15) is 4.79 Å². The number of benzene rings is 2. The van der Waals surface area contributed by atoms with Crippen LogP contribution in [0.1, 0.15) is 31.9 Å². The number of nitrogens with zero attached hydrogens (tertiary/aromatic N) is 2. The molecule has 1 unspecified atom stereocenters. The van der Waals surface area contributed by atoms with Crippen LogP contribution in [0, 0.1) is 5.92 Å². The number of fused-ring (bicyclic) bond motifs is 1. The van der Waals surface area contributed by atoms with Gasteiger partial charge in [-0.1, -0.05) is 60.1 Å². The summed E-state index contributed by atoms with van der Waals surface area (Å²) in [5.41, 5.74) is 4.77. The van der Waals surface area contributed by atoms with E-state index in [1.165, 1.54) is 0 Å². The van der Waals surface area contributed by atoms with E-state index in [1.807, 2.05) is 47.4 Å². The Bertz CT molecular complexity index is 932. The fourth-order valence-electron chi connectivity index (χ4n) is 3.94. The summed E-state index contributed by atoms with van der Waals surface area (Å²) >= 11 is 3.52. The quantitative estimate of drug-likeness (QED) is 0.740. The van der Waals surface area contributed by atoms with Crippen LogP contribution in [0.5, 0.6) is 0 Å². The lowest BCUT2D eigenvalue weighted by molar-refractivity contribution is -0.112. The molecular formula is C23H24BrN3O. The maximum atomic E-state index is 13.5. The number of anilines is 1. The number of allylic oxidation sites excluding steroid dienone is 1. The van der Waals surface area contributed by atoms with E-state index in [0.717, 1.165) is 40.0 Å². The second kappa shape index (κ2) is 7.92. The molecule has 1 fully saturated rings. The van der Waals surface area contributed by atoms with Crippen molar-refractivity contribution >= 4 is 33.2 Å². The van der Waals surface area contributed by atoms with Crippen LogP contribution in [-0.2, 0) is 4.79 Å². The number of para-hydroxylation sites is 1. The SMILES string of the molecule is CC(C)CC1=C2C(=NCCN1)C(=O)N(c1ccccc1)C2c1ccc(Br)cc1. The molecule has 1 atom stereocenters. The molecule has 0 radical (unpaired) electrons. The van der Waals surface area contributed by atoms with E-state index in [0.29, 0.717) is 18.2 Å². The summed E-state index contributed by atoms with van der Waals surface area (Å²) in [4.78, 5) is 20.1. The third-order valence-corrected chi connectivity index (χ3v) is 5.61. The number of hydrogen-bond acceptors (Lipinski definition) is 3. The maximum absolute atomic E-state index is 13.5. The highest BCUT2D eigenvalue weighted by Gasteiger charge is 2.45. The van der Waals surface area contributed by atoms with Gasteiger partial charge in [0.2, 0.25) is 0 Å². The first-order valence-electron chi connectivity index (χ1n) is 9.72. The van der Waals surface area contributed by atoms with Gasteiger partial charge in [0.05, 0.1) is 12.6 Å². The minimum absolute atomic E-state index is 0.0147. The number of carbonyl (C=O) groups is 1. The molecule has 5 heteroatoms. The normalized spacial score (nSPS) is 19.4. The molecule has 0 saturated carbocycles. The first kappa shape index (κ1) is 18.9. The van der Waals surface area contributed by atoms with Gasteiger partial charge in [0.1, 0.15) is 5.71 Å². The van der Waals surface area contributed by atoms with E-state index in [4.69, 9.17) is 0 Å². The van der Waals surface area contributed by atoms with Crippen molar-refractivity contribution in [3.05, 3.63) is 75.9 Å². The average molecular weight is 438 g/mol. The molecular weight excluding hydrogens is 414 g/mol. The molecule has 2 aromatic rings. The van der Waals surface area contributed by atoms with Gasteiger partial charge in [-0.15, -0.1) is 0 Å². The number of rotatable bonds is 4. The van der Waals surface area contributed by atoms with Crippen molar-refractivity contribution in [3.63, 3.8) is 0 Å². The summed E-state index contributed by atoms with van der Waals surface area (Å²) in [6, 6.07) is 18.0. The molecule has 0 spiro atoms. The van der Waals surface area contributed by atoms with E-state index >= 15 is 0 Å². The zero-order chi connectivity index (χ0) is 19.7. The smallest absolute Gasteiger partial charge is 0.277 e. The number of amides is 1. The largest absolute Gasteiger partial charge is 0.386 e. The van der Waals surface area contributed by atoms with Crippen molar-refractivity contribution in [1.29, 1.82) is 0 Å². The molecule has 1 amide bonds. The molecule has 2 aliphatic heterocycles. The monoisotopic (exact) mass is 437 g/mol. The molecule has 0 bridgehead atoms. The topological polar surface area (TPSA) is 44.7 Å². The van der Waals surface area contributed by atoms with Gasteiger partial charge in [-0.2, -0.15) is 0 Å². The van der Waals surface area contributed by atoms with Gasteiger partial charge in [0.15, 0.2) is 0 Å². The van der Waals surface area contributed by atoms with Crippen LogP contribution in [-0.4, -0.2) is 24.7 Å². The molecule has 144 valence electrons. The van der Waals surface area contributed by atoms with Crippen molar-refractivity contribution in [1.82, 2.24) is 5.32 Å². The van der Waals surface area contributed by atoms with Gasteiger partial charge in [0, 0.05) is 28.0 Å². The van der Waals surface area contributed by atoms with Crippen molar-refractivity contribution in [3.8, 4) is 0 Å². The van der Waals surface area contributed by atoms with Gasteiger partial charge in [-0.25, -0.2) is 0 Å². The molecule has 0 aromatic heterocycles. The van der Waals surface area contributed by atoms with E-state index in [2.05, 4.69) is 52.2 Å². The number of hydrogen-bond donors (Lipinski definition) is 1. The number of aliphatic imine (C=N–C) groups is 1. The Morgan fingerprint density at radius 3 is 2.54 bits per heavy atom. The van der Waals surface area contributed by atoms with Crippen LogP contribution >= 0.6 is 15.9 Å². The highest BCUT2D eigenvalue weighted by Crippen LogP contribution is 2.42. The Morgan fingerprint density at radius 2 is 1.86 bits per heavy atom. The van der Waals surface area contributed by atoms with Gasteiger partial charge in [-0.3, -0.25) is 14.7 Å². The fraction of sp³-hybridized carbons (Fsp3) is 0.304. The molecule has 1 saturated heterocycles. The second-order valence-electron chi connectivity index (χ2n) is 7.61. The van der Waals surface area contributed by atoms with Crippen LogP contribution < -0.4 is 10.2 Å². The third kappa shape index (κ3) is 3.51. The highest BCUT2D eigenvalue weighted by molar-refractivity contribution is 9.10. The summed E-state index contributed by atoms with van der Waals surface area (Å²) in [6.07, 6.45) is 0.900. The van der Waals surface area contributed by atoms with Crippen LogP contribution in [0.3, 0.4) is 0 Å². The Balaban J connectivity index is 1.93. The molecule has 4 nitrogen and oxygen atoms in total. The molecule has 0 aliphatic carbocycles. The van der Waals surface area contributed by atoms with Crippen LogP contribution in [0.2, 0.25) is 0 Å². The minimum Gasteiger partial charge on any atom is -0.386 e. The predicted octanol–water partition coefficient (Wildman–Crippen LogP) is 4.88. The number of halogens is 1. The number of carbonyl (C=O) groups excluding carboxylic acids is 1. The minimum atomic E-state index is -0.180.